The number of fused-ring (bicyclic) bond motifs is 7. The Hall–Kier alpha value is -8.80. The Morgan fingerprint density at radius 1 is 0.262 bits per heavy atom. The van der Waals surface area contributed by atoms with Crippen LogP contribution in [0.3, 0.4) is 0 Å². The van der Waals surface area contributed by atoms with E-state index in [2.05, 4.69) is 231 Å². The molecule has 9 aromatic carbocycles. The number of aromatic nitrogens is 5. The van der Waals surface area contributed by atoms with Gasteiger partial charge in [-0.1, -0.05) is 127 Å². The Morgan fingerprint density at radius 3 is 1.25 bits per heavy atom. The molecule has 13 rings (SSSR count). The summed E-state index contributed by atoms with van der Waals surface area (Å²) in [5.74, 6) is 0.907. The highest BCUT2D eigenvalue weighted by atomic mass is 15.1. The molecule has 0 bridgehead atoms. The second-order valence-corrected chi connectivity index (χ2v) is 16.7. The first-order valence-corrected chi connectivity index (χ1v) is 22.1. The zero-order chi connectivity index (χ0) is 42.8. The van der Waals surface area contributed by atoms with Crippen LogP contribution < -0.4 is 0 Å². The van der Waals surface area contributed by atoms with Crippen molar-refractivity contribution in [3.05, 3.63) is 237 Å². The van der Waals surface area contributed by atoms with Crippen LogP contribution in [0, 0.1) is 0 Å². The lowest BCUT2D eigenvalue weighted by Crippen LogP contribution is -1.99. The van der Waals surface area contributed by atoms with E-state index in [0.29, 0.717) is 0 Å². The zero-order valence-corrected chi connectivity index (χ0v) is 35.3. The van der Waals surface area contributed by atoms with E-state index in [-0.39, 0.29) is 0 Å². The van der Waals surface area contributed by atoms with E-state index in [1.165, 1.54) is 65.9 Å². The van der Waals surface area contributed by atoms with Gasteiger partial charge in [0.15, 0.2) is 0 Å². The number of hydrogen-bond donors (Lipinski definition) is 0. The number of pyridine rings is 1. The number of benzene rings is 9. The lowest BCUT2D eigenvalue weighted by Gasteiger charge is -2.13. The highest BCUT2D eigenvalue weighted by Gasteiger charge is 2.18. The normalized spacial score (nSPS) is 11.7. The molecule has 0 amide bonds. The molecule has 0 spiro atoms. The lowest BCUT2D eigenvalue weighted by atomic mass is 10.0. The fourth-order valence-electron chi connectivity index (χ4n) is 9.88. The van der Waals surface area contributed by atoms with Gasteiger partial charge in [-0.2, -0.15) is 0 Å². The number of imidazole rings is 1. The predicted molar refractivity (Wildman–Crippen MR) is 269 cm³/mol. The molecule has 4 heterocycles. The van der Waals surface area contributed by atoms with Gasteiger partial charge in [0.2, 0.25) is 0 Å². The summed E-state index contributed by atoms with van der Waals surface area (Å²) in [6.07, 6.45) is 3.66. The summed E-state index contributed by atoms with van der Waals surface area (Å²) >= 11 is 0. The molecule has 0 N–H and O–H groups in total. The van der Waals surface area contributed by atoms with Crippen LogP contribution in [0.25, 0.3) is 116 Å². The van der Waals surface area contributed by atoms with Crippen molar-refractivity contribution in [2.45, 2.75) is 0 Å². The molecule has 0 saturated heterocycles. The topological polar surface area (TPSA) is 40.6 Å². The molecule has 5 heteroatoms. The molecular formula is C60H39N5. The van der Waals surface area contributed by atoms with Crippen LogP contribution in [0.1, 0.15) is 0 Å². The standard InChI is InChI=1S/C60H39N5/c1-2-10-40(11-3-1)42-22-26-47(27-23-42)63-55-15-7-4-12-50(55)52-38-45(24-32-57(52)63)46-25-33-58-53(39-46)51-13-5-8-16-56(51)64(58)48-28-30-49(31-29-48)65-59-17-9-6-14-54(59)62-60(65)44-20-18-41(19-21-44)43-34-36-61-37-35-43/h1-39H. The van der Waals surface area contributed by atoms with Gasteiger partial charge in [-0.25, -0.2) is 4.98 Å². The molecule has 5 nitrogen and oxygen atoms in total. The predicted octanol–water partition coefficient (Wildman–Crippen LogP) is 15.3. The molecule has 0 radical (unpaired) electrons. The summed E-state index contributed by atoms with van der Waals surface area (Å²) in [4.78, 5) is 9.34. The van der Waals surface area contributed by atoms with Crippen LogP contribution in [-0.2, 0) is 0 Å². The van der Waals surface area contributed by atoms with Crippen molar-refractivity contribution in [3.8, 4) is 61.8 Å². The maximum Gasteiger partial charge on any atom is 0.145 e. The number of nitrogens with zero attached hydrogens (tertiary/aromatic N) is 5. The Morgan fingerprint density at radius 2 is 0.662 bits per heavy atom. The monoisotopic (exact) mass is 829 g/mol. The first kappa shape index (κ1) is 36.8. The minimum absolute atomic E-state index is 0.907. The highest BCUT2D eigenvalue weighted by molar-refractivity contribution is 6.12. The van der Waals surface area contributed by atoms with E-state index in [4.69, 9.17) is 4.98 Å². The van der Waals surface area contributed by atoms with E-state index in [1.807, 2.05) is 24.5 Å². The molecule has 304 valence electrons. The van der Waals surface area contributed by atoms with Crippen molar-refractivity contribution in [2.24, 2.45) is 0 Å². The van der Waals surface area contributed by atoms with Crippen molar-refractivity contribution in [3.63, 3.8) is 0 Å². The molecule has 4 aromatic heterocycles. The van der Waals surface area contributed by atoms with E-state index >= 15 is 0 Å². The maximum absolute atomic E-state index is 5.15. The summed E-state index contributed by atoms with van der Waals surface area (Å²) in [6.45, 7) is 0. The average Bonchev–Trinajstić information content (AvgIpc) is 4.05. The molecule has 13 aromatic rings. The molecule has 0 saturated carbocycles. The van der Waals surface area contributed by atoms with Crippen molar-refractivity contribution < 1.29 is 0 Å². The second-order valence-electron chi connectivity index (χ2n) is 16.7. The minimum Gasteiger partial charge on any atom is -0.309 e. The van der Waals surface area contributed by atoms with Gasteiger partial charge < -0.3 is 9.13 Å². The van der Waals surface area contributed by atoms with Crippen LogP contribution in [0.15, 0.2) is 237 Å². The molecule has 0 unspecified atom stereocenters. The number of rotatable bonds is 7. The molecule has 0 aliphatic rings. The van der Waals surface area contributed by atoms with E-state index in [9.17, 15) is 0 Å². The van der Waals surface area contributed by atoms with Gasteiger partial charge in [-0.05, 0) is 130 Å². The summed E-state index contributed by atoms with van der Waals surface area (Å²) < 4.78 is 7.06. The van der Waals surface area contributed by atoms with Crippen LogP contribution in [0.4, 0.5) is 0 Å². The Balaban J connectivity index is 0.878. The third-order valence-corrected chi connectivity index (χ3v) is 13.0. The first-order chi connectivity index (χ1) is 32.2. The number of hydrogen-bond acceptors (Lipinski definition) is 2. The van der Waals surface area contributed by atoms with Crippen molar-refractivity contribution in [2.75, 3.05) is 0 Å². The SMILES string of the molecule is c1ccc(-c2ccc(-n3c4ccccc4c4cc(-c5ccc6c(c5)c5ccccc5n6-c5ccc(-n6c(-c7ccc(-c8ccncc8)cc7)nc7ccccc76)cc5)ccc43)cc2)cc1. The van der Waals surface area contributed by atoms with Crippen LogP contribution >= 0.6 is 0 Å². The van der Waals surface area contributed by atoms with Gasteiger partial charge in [-0.3, -0.25) is 9.55 Å². The summed E-state index contributed by atoms with van der Waals surface area (Å²) in [5, 5.41) is 4.93. The van der Waals surface area contributed by atoms with Gasteiger partial charge in [-0.15, -0.1) is 0 Å². The molecule has 0 atom stereocenters. The molecule has 0 aliphatic carbocycles. The Labute approximate surface area is 375 Å². The Bertz CT molecular complexity index is 3900. The minimum atomic E-state index is 0.907. The summed E-state index contributed by atoms with van der Waals surface area (Å²) in [7, 11) is 0. The van der Waals surface area contributed by atoms with Gasteiger partial charge in [0.05, 0.1) is 33.1 Å². The van der Waals surface area contributed by atoms with E-state index in [0.717, 1.165) is 50.6 Å². The third kappa shape index (κ3) is 6.09. The smallest absolute Gasteiger partial charge is 0.145 e. The van der Waals surface area contributed by atoms with Gasteiger partial charge in [0.1, 0.15) is 5.82 Å². The number of para-hydroxylation sites is 4. The zero-order valence-electron chi connectivity index (χ0n) is 35.3. The molecule has 0 aliphatic heterocycles. The van der Waals surface area contributed by atoms with Crippen LogP contribution in [-0.4, -0.2) is 23.7 Å². The summed E-state index contributed by atoms with van der Waals surface area (Å²) in [5.41, 5.74) is 18.2. The Kier molecular flexibility index (Phi) is 8.46. The average molecular weight is 830 g/mol. The van der Waals surface area contributed by atoms with Crippen LogP contribution in [0.2, 0.25) is 0 Å². The fourth-order valence-corrected chi connectivity index (χ4v) is 9.88. The van der Waals surface area contributed by atoms with Crippen LogP contribution in [0.5, 0.6) is 0 Å². The van der Waals surface area contributed by atoms with Crippen molar-refractivity contribution >= 4 is 54.6 Å². The van der Waals surface area contributed by atoms with Gasteiger partial charge in [0, 0.05) is 56.6 Å². The largest absolute Gasteiger partial charge is 0.309 e. The highest BCUT2D eigenvalue weighted by Crippen LogP contribution is 2.39. The molecule has 0 fully saturated rings. The van der Waals surface area contributed by atoms with Crippen molar-refractivity contribution in [1.82, 2.24) is 23.7 Å². The molecule has 65 heavy (non-hydrogen) atoms. The third-order valence-electron chi connectivity index (χ3n) is 13.0. The lowest BCUT2D eigenvalue weighted by molar-refractivity contribution is 1.09. The van der Waals surface area contributed by atoms with Gasteiger partial charge in [0.25, 0.3) is 0 Å². The summed E-state index contributed by atoms with van der Waals surface area (Å²) in [6, 6.07) is 80.9. The first-order valence-electron chi connectivity index (χ1n) is 22.1. The van der Waals surface area contributed by atoms with Crippen molar-refractivity contribution in [1.29, 1.82) is 0 Å². The van der Waals surface area contributed by atoms with E-state index in [1.54, 1.807) is 0 Å². The van der Waals surface area contributed by atoms with Gasteiger partial charge >= 0.3 is 0 Å². The fraction of sp³-hybridized carbons (Fsp3) is 0. The molecular weight excluding hydrogens is 791 g/mol. The quantitative estimate of drug-likeness (QED) is 0.161. The maximum atomic E-state index is 5.15. The second kappa shape index (κ2) is 14.9. The van der Waals surface area contributed by atoms with E-state index < -0.39 is 0 Å².